The second-order valence-corrected chi connectivity index (χ2v) is 6.87. The highest BCUT2D eigenvalue weighted by atomic mass is 16.3. The molecular formula is C21H22N4O3. The summed E-state index contributed by atoms with van der Waals surface area (Å²) in [6, 6.07) is 10.7. The molecule has 1 atom stereocenters. The molecule has 28 heavy (non-hydrogen) atoms. The van der Waals surface area contributed by atoms with E-state index < -0.39 is 6.04 Å². The minimum atomic E-state index is -0.729. The summed E-state index contributed by atoms with van der Waals surface area (Å²) in [6.45, 7) is 6.06. The number of benzene rings is 1. The Morgan fingerprint density at radius 2 is 2.04 bits per heavy atom. The summed E-state index contributed by atoms with van der Waals surface area (Å²) in [4.78, 5) is 25.7. The third kappa shape index (κ3) is 2.89. The highest BCUT2D eigenvalue weighted by Gasteiger charge is 2.22. The van der Waals surface area contributed by atoms with Crippen molar-refractivity contribution >= 4 is 22.5 Å². The first-order valence-electron chi connectivity index (χ1n) is 9.33. The monoisotopic (exact) mass is 378 g/mol. The Kier molecular flexibility index (Phi) is 4.50. The van der Waals surface area contributed by atoms with E-state index in [9.17, 15) is 9.59 Å². The van der Waals surface area contributed by atoms with Crippen molar-refractivity contribution in [1.29, 1.82) is 0 Å². The van der Waals surface area contributed by atoms with Gasteiger partial charge in [0, 0.05) is 25.1 Å². The van der Waals surface area contributed by atoms with Gasteiger partial charge in [0.25, 0.3) is 5.56 Å². The highest BCUT2D eigenvalue weighted by molar-refractivity contribution is 5.83. The number of hydrogen-bond donors (Lipinski definition) is 1. The predicted octanol–water partition coefficient (Wildman–Crippen LogP) is 2.99. The molecule has 3 aromatic heterocycles. The summed E-state index contributed by atoms with van der Waals surface area (Å²) in [5, 5.41) is 7.39. The average Bonchev–Trinajstić information content (AvgIpc) is 3.29. The van der Waals surface area contributed by atoms with Crippen molar-refractivity contribution < 1.29 is 9.21 Å². The second-order valence-electron chi connectivity index (χ2n) is 6.87. The number of amides is 1. The molecule has 7 nitrogen and oxygen atoms in total. The molecule has 1 unspecified atom stereocenters. The number of rotatable bonds is 5. The van der Waals surface area contributed by atoms with Crippen LogP contribution >= 0.6 is 0 Å². The Labute approximate surface area is 161 Å². The van der Waals surface area contributed by atoms with Crippen LogP contribution in [0.2, 0.25) is 0 Å². The van der Waals surface area contributed by atoms with E-state index in [0.29, 0.717) is 29.9 Å². The number of nitrogens with zero attached hydrogens (tertiary/aromatic N) is 3. The van der Waals surface area contributed by atoms with Crippen LogP contribution in [0.3, 0.4) is 0 Å². The zero-order valence-electron chi connectivity index (χ0n) is 16.1. The van der Waals surface area contributed by atoms with Gasteiger partial charge in [-0.05, 0) is 25.0 Å². The highest BCUT2D eigenvalue weighted by Crippen LogP contribution is 2.21. The lowest BCUT2D eigenvalue weighted by atomic mass is 10.1. The Morgan fingerprint density at radius 1 is 1.25 bits per heavy atom. The van der Waals surface area contributed by atoms with Crippen molar-refractivity contribution in [3.8, 4) is 0 Å². The van der Waals surface area contributed by atoms with Crippen LogP contribution in [-0.4, -0.2) is 20.1 Å². The van der Waals surface area contributed by atoms with E-state index in [-0.39, 0.29) is 11.5 Å². The van der Waals surface area contributed by atoms with E-state index in [1.807, 2.05) is 44.2 Å². The molecular weight excluding hydrogens is 356 g/mol. The van der Waals surface area contributed by atoms with Crippen LogP contribution in [0.1, 0.15) is 36.8 Å². The van der Waals surface area contributed by atoms with Gasteiger partial charge in [-0.15, -0.1) is 0 Å². The maximum absolute atomic E-state index is 13.0. The molecule has 0 fully saturated rings. The zero-order chi connectivity index (χ0) is 19.8. The van der Waals surface area contributed by atoms with Gasteiger partial charge in [-0.2, -0.15) is 5.10 Å². The van der Waals surface area contributed by atoms with E-state index >= 15 is 0 Å². The van der Waals surface area contributed by atoms with Crippen molar-refractivity contribution in [1.82, 2.24) is 19.5 Å². The fourth-order valence-electron chi connectivity index (χ4n) is 3.43. The third-order valence-corrected chi connectivity index (χ3v) is 5.11. The average molecular weight is 378 g/mol. The molecule has 1 N–H and O–H groups in total. The van der Waals surface area contributed by atoms with Crippen molar-refractivity contribution in [3.05, 3.63) is 70.0 Å². The van der Waals surface area contributed by atoms with Crippen molar-refractivity contribution in [2.75, 3.05) is 0 Å². The van der Waals surface area contributed by atoms with Gasteiger partial charge in [-0.3, -0.25) is 14.0 Å². The van der Waals surface area contributed by atoms with E-state index in [1.54, 1.807) is 23.7 Å². The molecule has 4 aromatic rings. The third-order valence-electron chi connectivity index (χ3n) is 5.11. The number of hydrogen-bond acceptors (Lipinski definition) is 4. The molecule has 1 amide bonds. The Hall–Kier alpha value is -3.35. The molecule has 144 valence electrons. The lowest BCUT2D eigenvalue weighted by Gasteiger charge is -2.16. The summed E-state index contributed by atoms with van der Waals surface area (Å²) >= 11 is 0. The van der Waals surface area contributed by atoms with Crippen LogP contribution in [0.25, 0.3) is 16.6 Å². The van der Waals surface area contributed by atoms with E-state index in [4.69, 9.17) is 4.42 Å². The molecule has 7 heteroatoms. The number of nitrogens with one attached hydrogen (secondary N) is 1. The van der Waals surface area contributed by atoms with Crippen LogP contribution < -0.4 is 10.9 Å². The fraction of sp³-hybridized carbons (Fsp3) is 0.286. The number of carbonyl (C=O) groups excluding carboxylic acids is 1. The Balaban J connectivity index is 1.67. The molecule has 0 bridgehead atoms. The van der Waals surface area contributed by atoms with Gasteiger partial charge in [0.05, 0.1) is 11.8 Å². The van der Waals surface area contributed by atoms with Gasteiger partial charge < -0.3 is 9.73 Å². The summed E-state index contributed by atoms with van der Waals surface area (Å²) in [6.07, 6.45) is 2.20. The quantitative estimate of drug-likeness (QED) is 0.579. The molecule has 0 aliphatic rings. The molecule has 3 heterocycles. The van der Waals surface area contributed by atoms with Crippen LogP contribution in [0.5, 0.6) is 0 Å². The summed E-state index contributed by atoms with van der Waals surface area (Å²) in [7, 11) is 0. The van der Waals surface area contributed by atoms with Gasteiger partial charge in [0.15, 0.2) is 5.58 Å². The maximum Gasteiger partial charge on any atom is 0.291 e. The van der Waals surface area contributed by atoms with Crippen molar-refractivity contribution in [3.63, 3.8) is 0 Å². The molecule has 0 aliphatic heterocycles. The molecule has 0 saturated carbocycles. The molecule has 1 aromatic carbocycles. The van der Waals surface area contributed by atoms with E-state index in [1.165, 1.54) is 4.68 Å². The van der Waals surface area contributed by atoms with Gasteiger partial charge in [-0.1, -0.05) is 31.2 Å². The Bertz CT molecular complexity index is 1230. The number of fused-ring (bicyclic) bond motifs is 3. The molecule has 0 spiro atoms. The largest absolute Gasteiger partial charge is 0.463 e. The van der Waals surface area contributed by atoms with Crippen molar-refractivity contribution in [2.45, 2.75) is 39.8 Å². The van der Waals surface area contributed by atoms with Crippen LogP contribution in [0, 0.1) is 6.92 Å². The second kappa shape index (κ2) is 6.99. The van der Waals surface area contributed by atoms with Gasteiger partial charge in [0.2, 0.25) is 5.91 Å². The number of aromatic nitrogens is 3. The first-order chi connectivity index (χ1) is 13.5. The normalized spacial score (nSPS) is 12.5. The summed E-state index contributed by atoms with van der Waals surface area (Å²) in [5.41, 5.74) is 3.72. The van der Waals surface area contributed by atoms with Crippen molar-refractivity contribution in [2.24, 2.45) is 0 Å². The lowest BCUT2D eigenvalue weighted by molar-refractivity contribution is -0.124. The first kappa shape index (κ1) is 18.0. The van der Waals surface area contributed by atoms with Gasteiger partial charge in [-0.25, -0.2) is 4.68 Å². The standard InChI is InChI=1S/C21H22N4O3/c1-4-19-23-25(21(27)17-11-18-16(24(17)19)9-10-28-18)14(3)20(26)22-12-15-8-6-5-7-13(15)2/h5-11,14H,4,12H2,1-3H3,(H,22,26). The minimum Gasteiger partial charge on any atom is -0.463 e. The van der Waals surface area contributed by atoms with Gasteiger partial charge in [0.1, 0.15) is 17.4 Å². The summed E-state index contributed by atoms with van der Waals surface area (Å²) in [5.74, 6) is 0.448. The summed E-state index contributed by atoms with van der Waals surface area (Å²) < 4.78 is 8.49. The minimum absolute atomic E-state index is 0.250. The fourth-order valence-corrected chi connectivity index (χ4v) is 3.43. The number of carbonyl (C=O) groups is 1. The molecule has 0 saturated heterocycles. The smallest absolute Gasteiger partial charge is 0.291 e. The molecule has 4 rings (SSSR count). The predicted molar refractivity (Wildman–Crippen MR) is 106 cm³/mol. The first-order valence-corrected chi connectivity index (χ1v) is 9.33. The number of furan rings is 1. The van der Waals surface area contributed by atoms with Crippen LogP contribution in [0.15, 0.2) is 51.9 Å². The van der Waals surface area contributed by atoms with Crippen LogP contribution in [-0.2, 0) is 17.8 Å². The number of aryl methyl sites for hydroxylation is 2. The van der Waals surface area contributed by atoms with Gasteiger partial charge >= 0.3 is 0 Å². The SMILES string of the molecule is CCc1nn(C(C)C(=O)NCc2ccccc2C)c(=O)c2cc3occc3n12. The van der Waals surface area contributed by atoms with Crippen LogP contribution in [0.4, 0.5) is 0 Å². The van der Waals surface area contributed by atoms with E-state index in [2.05, 4.69) is 10.4 Å². The molecule has 0 radical (unpaired) electrons. The molecule has 0 aliphatic carbocycles. The lowest BCUT2D eigenvalue weighted by Crippen LogP contribution is -2.38. The van der Waals surface area contributed by atoms with E-state index in [0.717, 1.165) is 16.6 Å². The Morgan fingerprint density at radius 3 is 2.79 bits per heavy atom. The zero-order valence-corrected chi connectivity index (χ0v) is 16.1. The maximum atomic E-state index is 13.0. The topological polar surface area (TPSA) is 81.5 Å².